The number of methoxy groups -OCH3 is 1. The zero-order valence-corrected chi connectivity index (χ0v) is 12.7. The maximum atomic E-state index is 12.6. The molecule has 1 unspecified atom stereocenters. The van der Waals surface area contributed by atoms with Crippen molar-refractivity contribution in [3.05, 3.63) is 29.3 Å². The molecule has 0 aromatic heterocycles. The van der Waals surface area contributed by atoms with Crippen LogP contribution in [0, 0.1) is 12.3 Å². The van der Waals surface area contributed by atoms with E-state index in [0.29, 0.717) is 30.7 Å². The minimum absolute atomic E-state index is 0.138. The SMILES string of the molecule is COc1cc(C(=O)N2CCCC(C)(C(=O)O)C2)ccc1C. The van der Waals surface area contributed by atoms with Crippen molar-refractivity contribution in [1.82, 2.24) is 4.90 Å². The first-order valence-electron chi connectivity index (χ1n) is 7.05. The first kappa shape index (κ1) is 15.4. The minimum atomic E-state index is -0.858. The topological polar surface area (TPSA) is 66.8 Å². The van der Waals surface area contributed by atoms with Crippen LogP contribution in [0.2, 0.25) is 0 Å². The van der Waals surface area contributed by atoms with Gasteiger partial charge in [0.1, 0.15) is 5.75 Å². The van der Waals surface area contributed by atoms with Crippen LogP contribution in [0.1, 0.15) is 35.7 Å². The van der Waals surface area contributed by atoms with Gasteiger partial charge in [0.05, 0.1) is 12.5 Å². The van der Waals surface area contributed by atoms with E-state index in [1.165, 1.54) is 0 Å². The average molecular weight is 291 g/mol. The molecular weight excluding hydrogens is 270 g/mol. The molecule has 5 heteroatoms. The molecule has 0 radical (unpaired) electrons. The Labute approximate surface area is 124 Å². The zero-order valence-electron chi connectivity index (χ0n) is 12.7. The van der Waals surface area contributed by atoms with Crippen LogP contribution in [-0.4, -0.2) is 42.1 Å². The van der Waals surface area contributed by atoms with E-state index in [9.17, 15) is 14.7 Å². The summed E-state index contributed by atoms with van der Waals surface area (Å²) in [4.78, 5) is 25.6. The molecule has 0 saturated carbocycles. The lowest BCUT2D eigenvalue weighted by Gasteiger charge is -2.37. The number of ether oxygens (including phenoxy) is 1. The summed E-state index contributed by atoms with van der Waals surface area (Å²) < 4.78 is 5.24. The predicted octanol–water partition coefficient (Wildman–Crippen LogP) is 2.33. The Balaban J connectivity index is 2.22. The Morgan fingerprint density at radius 2 is 2.10 bits per heavy atom. The van der Waals surface area contributed by atoms with Crippen LogP contribution in [0.4, 0.5) is 0 Å². The predicted molar refractivity (Wildman–Crippen MR) is 78.6 cm³/mol. The van der Waals surface area contributed by atoms with Gasteiger partial charge in [0.2, 0.25) is 0 Å². The molecule has 0 spiro atoms. The number of carbonyl (C=O) groups is 2. The van der Waals surface area contributed by atoms with Gasteiger partial charge in [-0.3, -0.25) is 9.59 Å². The van der Waals surface area contributed by atoms with E-state index in [4.69, 9.17) is 4.74 Å². The van der Waals surface area contributed by atoms with Crippen LogP contribution < -0.4 is 4.74 Å². The van der Waals surface area contributed by atoms with Crippen molar-refractivity contribution in [2.45, 2.75) is 26.7 Å². The van der Waals surface area contributed by atoms with Crippen molar-refractivity contribution in [2.75, 3.05) is 20.2 Å². The number of carbonyl (C=O) groups excluding carboxylic acids is 1. The third kappa shape index (κ3) is 3.01. The van der Waals surface area contributed by atoms with E-state index >= 15 is 0 Å². The maximum Gasteiger partial charge on any atom is 0.311 e. The Morgan fingerprint density at radius 3 is 2.71 bits per heavy atom. The van der Waals surface area contributed by atoms with E-state index in [0.717, 1.165) is 5.56 Å². The molecule has 1 aromatic carbocycles. The van der Waals surface area contributed by atoms with Gasteiger partial charge in [-0.2, -0.15) is 0 Å². The van der Waals surface area contributed by atoms with E-state index in [1.54, 1.807) is 31.1 Å². The standard InChI is InChI=1S/C16H21NO4/c1-11-5-6-12(9-13(11)21-3)14(18)17-8-4-7-16(2,10-17)15(19)20/h5-6,9H,4,7-8,10H2,1-3H3,(H,19,20). The number of piperidine rings is 1. The summed E-state index contributed by atoms with van der Waals surface area (Å²) in [5, 5.41) is 9.33. The summed E-state index contributed by atoms with van der Waals surface area (Å²) in [5.41, 5.74) is 0.637. The summed E-state index contributed by atoms with van der Waals surface area (Å²) in [6.07, 6.45) is 1.31. The molecule has 0 aliphatic carbocycles. The summed E-state index contributed by atoms with van der Waals surface area (Å²) in [6.45, 7) is 4.45. The Bertz CT molecular complexity index is 569. The van der Waals surface area contributed by atoms with Crippen molar-refractivity contribution in [1.29, 1.82) is 0 Å². The average Bonchev–Trinajstić information content (AvgIpc) is 2.47. The lowest BCUT2D eigenvalue weighted by Crippen LogP contribution is -2.48. The molecule has 21 heavy (non-hydrogen) atoms. The second kappa shape index (κ2) is 5.76. The van der Waals surface area contributed by atoms with Crippen molar-refractivity contribution in [2.24, 2.45) is 5.41 Å². The molecule has 1 saturated heterocycles. The lowest BCUT2D eigenvalue weighted by molar-refractivity contribution is -0.150. The largest absolute Gasteiger partial charge is 0.496 e. The number of carboxylic acid groups (broad SMARTS) is 1. The number of nitrogens with zero attached hydrogens (tertiary/aromatic N) is 1. The van der Waals surface area contributed by atoms with Crippen molar-refractivity contribution in [3.63, 3.8) is 0 Å². The van der Waals surface area contributed by atoms with E-state index in [1.807, 2.05) is 13.0 Å². The van der Waals surface area contributed by atoms with Crippen LogP contribution in [-0.2, 0) is 4.79 Å². The minimum Gasteiger partial charge on any atom is -0.496 e. The fraction of sp³-hybridized carbons (Fsp3) is 0.500. The van der Waals surface area contributed by atoms with Crippen LogP contribution in [0.3, 0.4) is 0 Å². The quantitative estimate of drug-likeness (QED) is 0.928. The number of hydrogen-bond donors (Lipinski definition) is 1. The summed E-state index contributed by atoms with van der Waals surface area (Å²) in [5.74, 6) is -0.319. The number of rotatable bonds is 3. The molecule has 1 atom stereocenters. The van der Waals surface area contributed by atoms with Crippen molar-refractivity contribution < 1.29 is 19.4 Å². The molecule has 1 aliphatic rings. The third-order valence-electron chi connectivity index (χ3n) is 4.15. The van der Waals surface area contributed by atoms with Gasteiger partial charge in [-0.25, -0.2) is 0 Å². The molecule has 1 amide bonds. The molecular formula is C16H21NO4. The van der Waals surface area contributed by atoms with Gasteiger partial charge < -0.3 is 14.7 Å². The van der Waals surface area contributed by atoms with Crippen molar-refractivity contribution >= 4 is 11.9 Å². The number of carboxylic acids is 1. The van der Waals surface area contributed by atoms with E-state index in [-0.39, 0.29) is 12.5 Å². The van der Waals surface area contributed by atoms with Crippen LogP contribution >= 0.6 is 0 Å². The molecule has 1 aliphatic heterocycles. The molecule has 114 valence electrons. The van der Waals surface area contributed by atoms with Gasteiger partial charge in [-0.05, 0) is 44.4 Å². The number of aliphatic carboxylic acids is 1. The molecule has 1 aromatic rings. The van der Waals surface area contributed by atoms with Gasteiger partial charge in [0.15, 0.2) is 0 Å². The number of amides is 1. The fourth-order valence-electron chi connectivity index (χ4n) is 2.72. The summed E-state index contributed by atoms with van der Waals surface area (Å²) >= 11 is 0. The van der Waals surface area contributed by atoms with Crippen LogP contribution in [0.5, 0.6) is 5.75 Å². The Hall–Kier alpha value is -2.04. The summed E-state index contributed by atoms with van der Waals surface area (Å²) in [7, 11) is 1.57. The number of hydrogen-bond acceptors (Lipinski definition) is 3. The Kier molecular flexibility index (Phi) is 4.21. The highest BCUT2D eigenvalue weighted by molar-refractivity contribution is 5.95. The normalized spacial score (nSPS) is 22.0. The van der Waals surface area contributed by atoms with Gasteiger partial charge in [0.25, 0.3) is 5.91 Å². The van der Waals surface area contributed by atoms with E-state index in [2.05, 4.69) is 0 Å². The Morgan fingerprint density at radius 1 is 1.38 bits per heavy atom. The highest BCUT2D eigenvalue weighted by Crippen LogP contribution is 2.31. The first-order chi connectivity index (χ1) is 9.87. The summed E-state index contributed by atoms with van der Waals surface area (Å²) in [6, 6.07) is 5.31. The van der Waals surface area contributed by atoms with Crippen LogP contribution in [0.15, 0.2) is 18.2 Å². The van der Waals surface area contributed by atoms with Gasteiger partial charge in [-0.15, -0.1) is 0 Å². The zero-order chi connectivity index (χ0) is 15.6. The number of benzene rings is 1. The molecule has 0 bridgehead atoms. The highest BCUT2D eigenvalue weighted by Gasteiger charge is 2.39. The van der Waals surface area contributed by atoms with Gasteiger partial charge in [0, 0.05) is 18.7 Å². The highest BCUT2D eigenvalue weighted by atomic mass is 16.5. The second-order valence-electron chi connectivity index (χ2n) is 5.88. The number of aryl methyl sites for hydroxylation is 1. The van der Waals surface area contributed by atoms with Crippen LogP contribution in [0.25, 0.3) is 0 Å². The van der Waals surface area contributed by atoms with Gasteiger partial charge in [-0.1, -0.05) is 6.07 Å². The molecule has 2 rings (SSSR count). The monoisotopic (exact) mass is 291 g/mol. The molecule has 1 heterocycles. The molecule has 1 N–H and O–H groups in total. The molecule has 5 nitrogen and oxygen atoms in total. The third-order valence-corrected chi connectivity index (χ3v) is 4.15. The molecule has 1 fully saturated rings. The smallest absolute Gasteiger partial charge is 0.311 e. The maximum absolute atomic E-state index is 12.6. The fourth-order valence-corrected chi connectivity index (χ4v) is 2.72. The van der Waals surface area contributed by atoms with Crippen molar-refractivity contribution in [3.8, 4) is 5.75 Å². The van der Waals surface area contributed by atoms with E-state index < -0.39 is 11.4 Å². The lowest BCUT2D eigenvalue weighted by atomic mass is 9.82. The number of likely N-dealkylation sites (tertiary alicyclic amines) is 1. The second-order valence-corrected chi connectivity index (χ2v) is 5.88. The first-order valence-corrected chi connectivity index (χ1v) is 7.05. The van der Waals surface area contributed by atoms with Gasteiger partial charge >= 0.3 is 5.97 Å².